The molecule has 2 aromatic carbocycles. The van der Waals surface area contributed by atoms with Crippen LogP contribution < -0.4 is 10.0 Å². The fraction of sp³-hybridized carbons (Fsp3) is 0.238. The number of aryl methyl sites for hydroxylation is 1. The van der Waals surface area contributed by atoms with Crippen LogP contribution in [0.15, 0.2) is 63.9 Å². The predicted octanol–water partition coefficient (Wildman–Crippen LogP) is 3.98. The Labute approximate surface area is 170 Å². The maximum absolute atomic E-state index is 12.8. The van der Waals surface area contributed by atoms with Gasteiger partial charge in [-0.1, -0.05) is 30.3 Å². The van der Waals surface area contributed by atoms with E-state index in [1.165, 1.54) is 12.1 Å². The summed E-state index contributed by atoms with van der Waals surface area (Å²) in [6.45, 7) is 6.87. The molecule has 2 N–H and O–H groups in total. The highest BCUT2D eigenvalue weighted by Gasteiger charge is 2.26. The predicted molar refractivity (Wildman–Crippen MR) is 111 cm³/mol. The number of carbonyl (C=O) groups is 1. The second-order valence-electron chi connectivity index (χ2n) is 7.60. The molecule has 1 amide bonds. The lowest BCUT2D eigenvalue weighted by molar-refractivity contribution is 0.102. The SMILES string of the molecule is Cc1oc(-c2ccccc2)nc1C(=O)Nc1ccccc1S(=O)(=O)NC(C)(C)C. The molecule has 0 aliphatic rings. The summed E-state index contributed by atoms with van der Waals surface area (Å²) in [6, 6.07) is 15.4. The lowest BCUT2D eigenvalue weighted by atomic mass is 10.1. The zero-order valence-corrected chi connectivity index (χ0v) is 17.5. The highest BCUT2D eigenvalue weighted by molar-refractivity contribution is 7.89. The van der Waals surface area contributed by atoms with Gasteiger partial charge in [0.15, 0.2) is 5.69 Å². The first kappa shape index (κ1) is 20.8. The van der Waals surface area contributed by atoms with Gasteiger partial charge in [-0.3, -0.25) is 4.79 Å². The van der Waals surface area contributed by atoms with Gasteiger partial charge >= 0.3 is 0 Å². The third-order valence-corrected chi connectivity index (χ3v) is 5.71. The van der Waals surface area contributed by atoms with E-state index in [2.05, 4.69) is 15.0 Å². The fourth-order valence-corrected chi connectivity index (χ4v) is 4.34. The molecular formula is C21H23N3O4S. The number of amides is 1. The lowest BCUT2D eigenvalue weighted by Gasteiger charge is -2.21. The molecule has 3 rings (SSSR count). The van der Waals surface area contributed by atoms with E-state index < -0.39 is 21.5 Å². The molecular weight excluding hydrogens is 390 g/mol. The highest BCUT2D eigenvalue weighted by Crippen LogP contribution is 2.25. The lowest BCUT2D eigenvalue weighted by Crippen LogP contribution is -2.40. The van der Waals surface area contributed by atoms with Crippen molar-refractivity contribution in [1.29, 1.82) is 0 Å². The Balaban J connectivity index is 1.91. The van der Waals surface area contributed by atoms with Crippen LogP contribution in [0.3, 0.4) is 0 Å². The molecule has 3 aromatic rings. The Morgan fingerprint density at radius 2 is 1.62 bits per heavy atom. The molecule has 0 radical (unpaired) electrons. The molecule has 0 saturated heterocycles. The quantitative estimate of drug-likeness (QED) is 0.659. The largest absolute Gasteiger partial charge is 0.441 e. The van der Waals surface area contributed by atoms with Crippen LogP contribution in [0.1, 0.15) is 37.0 Å². The molecule has 0 bridgehead atoms. The number of para-hydroxylation sites is 1. The third-order valence-electron chi connectivity index (χ3n) is 3.90. The summed E-state index contributed by atoms with van der Waals surface area (Å²) >= 11 is 0. The molecule has 0 unspecified atom stereocenters. The Morgan fingerprint density at radius 3 is 2.28 bits per heavy atom. The molecule has 0 spiro atoms. The number of hydrogen-bond donors (Lipinski definition) is 2. The second kappa shape index (κ2) is 7.81. The molecule has 0 fully saturated rings. The van der Waals surface area contributed by atoms with Crippen molar-refractivity contribution >= 4 is 21.6 Å². The molecule has 0 saturated carbocycles. The van der Waals surface area contributed by atoms with Crippen LogP contribution >= 0.6 is 0 Å². The number of benzene rings is 2. The number of sulfonamides is 1. The van der Waals surface area contributed by atoms with Crippen molar-refractivity contribution in [2.45, 2.75) is 38.1 Å². The maximum Gasteiger partial charge on any atom is 0.277 e. The van der Waals surface area contributed by atoms with Gasteiger partial charge in [0, 0.05) is 11.1 Å². The summed E-state index contributed by atoms with van der Waals surface area (Å²) in [5.41, 5.74) is 0.341. The summed E-state index contributed by atoms with van der Waals surface area (Å²) in [4.78, 5) is 17.1. The zero-order valence-electron chi connectivity index (χ0n) is 16.7. The monoisotopic (exact) mass is 413 g/mol. The minimum Gasteiger partial charge on any atom is -0.441 e. The summed E-state index contributed by atoms with van der Waals surface area (Å²) in [5.74, 6) is 0.116. The first-order valence-corrected chi connectivity index (χ1v) is 10.5. The highest BCUT2D eigenvalue weighted by atomic mass is 32.2. The van der Waals surface area contributed by atoms with Gasteiger partial charge in [-0.25, -0.2) is 18.1 Å². The van der Waals surface area contributed by atoms with Gasteiger partial charge in [0.1, 0.15) is 10.7 Å². The van der Waals surface area contributed by atoms with E-state index >= 15 is 0 Å². The smallest absolute Gasteiger partial charge is 0.277 e. The van der Waals surface area contributed by atoms with E-state index in [1.54, 1.807) is 39.8 Å². The Hall–Kier alpha value is -2.97. The topological polar surface area (TPSA) is 101 Å². The average Bonchev–Trinajstić information content (AvgIpc) is 3.03. The zero-order chi connectivity index (χ0) is 21.2. The number of aromatic nitrogens is 1. The van der Waals surface area contributed by atoms with E-state index in [9.17, 15) is 13.2 Å². The number of rotatable bonds is 5. The van der Waals surface area contributed by atoms with Crippen LogP contribution in [-0.4, -0.2) is 24.8 Å². The number of oxazole rings is 1. The number of nitrogens with zero attached hydrogens (tertiary/aromatic N) is 1. The van der Waals surface area contributed by atoms with Crippen molar-refractivity contribution in [2.75, 3.05) is 5.32 Å². The minimum atomic E-state index is -3.83. The van der Waals surface area contributed by atoms with E-state index in [-0.39, 0.29) is 16.3 Å². The van der Waals surface area contributed by atoms with Crippen molar-refractivity contribution in [3.05, 3.63) is 66.1 Å². The molecule has 0 aliphatic carbocycles. The van der Waals surface area contributed by atoms with E-state index in [4.69, 9.17) is 4.42 Å². The van der Waals surface area contributed by atoms with Crippen molar-refractivity contribution in [2.24, 2.45) is 0 Å². The Morgan fingerprint density at radius 1 is 1.00 bits per heavy atom. The van der Waals surface area contributed by atoms with Gasteiger partial charge in [0.05, 0.1) is 5.69 Å². The summed E-state index contributed by atoms with van der Waals surface area (Å²) in [5, 5.41) is 2.64. The van der Waals surface area contributed by atoms with Gasteiger partial charge in [-0.05, 0) is 52.0 Å². The molecule has 0 atom stereocenters. The van der Waals surface area contributed by atoms with Crippen LogP contribution in [0.2, 0.25) is 0 Å². The minimum absolute atomic E-state index is 0.0206. The first-order valence-electron chi connectivity index (χ1n) is 9.04. The molecule has 152 valence electrons. The van der Waals surface area contributed by atoms with Crippen molar-refractivity contribution in [3.8, 4) is 11.5 Å². The van der Waals surface area contributed by atoms with Crippen LogP contribution in [0.5, 0.6) is 0 Å². The van der Waals surface area contributed by atoms with E-state index in [0.717, 1.165) is 5.56 Å². The summed E-state index contributed by atoms with van der Waals surface area (Å²) in [6.07, 6.45) is 0. The van der Waals surface area contributed by atoms with E-state index in [0.29, 0.717) is 11.7 Å². The molecule has 7 nitrogen and oxygen atoms in total. The van der Waals surface area contributed by atoms with Crippen LogP contribution in [-0.2, 0) is 10.0 Å². The number of anilines is 1. The standard InChI is InChI=1S/C21H23N3O4S/c1-14-18(23-20(28-14)15-10-6-5-7-11-15)19(25)22-16-12-8-9-13-17(16)29(26,27)24-21(2,3)4/h5-13,24H,1-4H3,(H,22,25). The second-order valence-corrected chi connectivity index (χ2v) is 9.25. The Kier molecular flexibility index (Phi) is 5.59. The van der Waals surface area contributed by atoms with Crippen molar-refractivity contribution in [1.82, 2.24) is 9.71 Å². The molecule has 8 heteroatoms. The maximum atomic E-state index is 12.8. The first-order chi connectivity index (χ1) is 13.6. The number of hydrogen-bond acceptors (Lipinski definition) is 5. The number of carbonyl (C=O) groups excluding carboxylic acids is 1. The van der Waals surface area contributed by atoms with Crippen molar-refractivity contribution < 1.29 is 17.6 Å². The molecule has 1 aromatic heterocycles. The van der Waals surface area contributed by atoms with Gasteiger partial charge in [0.2, 0.25) is 15.9 Å². The molecule has 29 heavy (non-hydrogen) atoms. The van der Waals surface area contributed by atoms with Gasteiger partial charge < -0.3 is 9.73 Å². The van der Waals surface area contributed by atoms with Gasteiger partial charge in [-0.15, -0.1) is 0 Å². The molecule has 0 aliphatic heterocycles. The Bertz CT molecular complexity index is 1130. The summed E-state index contributed by atoms with van der Waals surface area (Å²) in [7, 11) is -3.83. The van der Waals surface area contributed by atoms with Crippen LogP contribution in [0.25, 0.3) is 11.5 Å². The van der Waals surface area contributed by atoms with Crippen LogP contribution in [0, 0.1) is 6.92 Å². The normalized spacial score (nSPS) is 12.0. The number of nitrogens with one attached hydrogen (secondary N) is 2. The molecule has 1 heterocycles. The fourth-order valence-electron chi connectivity index (χ4n) is 2.76. The summed E-state index contributed by atoms with van der Waals surface area (Å²) < 4.78 is 33.7. The van der Waals surface area contributed by atoms with Gasteiger partial charge in [0.25, 0.3) is 5.91 Å². The van der Waals surface area contributed by atoms with Crippen molar-refractivity contribution in [3.63, 3.8) is 0 Å². The van der Waals surface area contributed by atoms with Crippen LogP contribution in [0.4, 0.5) is 5.69 Å². The van der Waals surface area contributed by atoms with E-state index in [1.807, 2.05) is 30.3 Å². The third kappa shape index (κ3) is 4.90. The average molecular weight is 413 g/mol. The van der Waals surface area contributed by atoms with Gasteiger partial charge in [-0.2, -0.15) is 0 Å².